The molecule has 0 saturated carbocycles. The standard InChI is InChI=1S/C18H36O2/c1-2-3-4-5-6-7-8-9-12-15-18(20)16-13-10-11-14-17-19/h19H,2-17H2,1H3. The van der Waals surface area contributed by atoms with Crippen molar-refractivity contribution in [3.8, 4) is 0 Å². The molecular formula is C18H36O2. The molecule has 20 heavy (non-hydrogen) atoms. The van der Waals surface area contributed by atoms with Crippen LogP contribution in [0, 0.1) is 0 Å². The average Bonchev–Trinajstić information content (AvgIpc) is 2.45. The third-order valence-corrected chi connectivity index (χ3v) is 3.92. The molecule has 2 nitrogen and oxygen atoms in total. The molecule has 0 bridgehead atoms. The first kappa shape index (κ1) is 19.6. The third-order valence-electron chi connectivity index (χ3n) is 3.92. The van der Waals surface area contributed by atoms with Crippen molar-refractivity contribution >= 4 is 5.78 Å². The Kier molecular flexibility index (Phi) is 16.4. The Hall–Kier alpha value is -0.370. The molecule has 0 saturated heterocycles. The van der Waals surface area contributed by atoms with Crippen LogP contribution in [0.15, 0.2) is 0 Å². The normalized spacial score (nSPS) is 10.9. The van der Waals surface area contributed by atoms with E-state index in [9.17, 15) is 4.79 Å². The smallest absolute Gasteiger partial charge is 0.132 e. The molecular weight excluding hydrogens is 248 g/mol. The van der Waals surface area contributed by atoms with E-state index < -0.39 is 0 Å². The second-order valence-electron chi connectivity index (χ2n) is 6.00. The first-order chi connectivity index (χ1) is 9.81. The van der Waals surface area contributed by atoms with E-state index in [4.69, 9.17) is 5.11 Å². The second kappa shape index (κ2) is 16.7. The maximum atomic E-state index is 11.6. The van der Waals surface area contributed by atoms with Crippen molar-refractivity contribution in [3.63, 3.8) is 0 Å². The van der Waals surface area contributed by atoms with Crippen LogP contribution in [0.4, 0.5) is 0 Å². The number of carbonyl (C=O) groups excluding carboxylic acids is 1. The zero-order valence-electron chi connectivity index (χ0n) is 13.7. The number of carbonyl (C=O) groups is 1. The van der Waals surface area contributed by atoms with Crippen molar-refractivity contribution in [2.75, 3.05) is 6.61 Å². The van der Waals surface area contributed by atoms with Crippen LogP contribution in [-0.2, 0) is 4.79 Å². The number of aliphatic hydroxyl groups excluding tert-OH is 1. The molecule has 0 unspecified atom stereocenters. The summed E-state index contributed by atoms with van der Waals surface area (Å²) in [6.45, 7) is 2.54. The minimum absolute atomic E-state index is 0.284. The zero-order valence-corrected chi connectivity index (χ0v) is 13.7. The van der Waals surface area contributed by atoms with Gasteiger partial charge in [-0.25, -0.2) is 0 Å². The highest BCUT2D eigenvalue weighted by Gasteiger charge is 2.01. The number of hydrogen-bond donors (Lipinski definition) is 1. The van der Waals surface area contributed by atoms with Crippen LogP contribution in [0.1, 0.15) is 103 Å². The van der Waals surface area contributed by atoms with E-state index in [0.717, 1.165) is 44.9 Å². The van der Waals surface area contributed by atoms with Gasteiger partial charge in [0.2, 0.25) is 0 Å². The summed E-state index contributed by atoms with van der Waals surface area (Å²) >= 11 is 0. The Bertz CT molecular complexity index is 202. The fourth-order valence-corrected chi connectivity index (χ4v) is 2.55. The van der Waals surface area contributed by atoms with Gasteiger partial charge in [0.15, 0.2) is 0 Å². The van der Waals surface area contributed by atoms with Crippen molar-refractivity contribution in [2.45, 2.75) is 103 Å². The van der Waals surface area contributed by atoms with Crippen molar-refractivity contribution in [3.05, 3.63) is 0 Å². The Labute approximate surface area is 126 Å². The van der Waals surface area contributed by atoms with Gasteiger partial charge in [0.05, 0.1) is 0 Å². The molecule has 0 amide bonds. The monoisotopic (exact) mass is 284 g/mol. The van der Waals surface area contributed by atoms with Gasteiger partial charge in [0, 0.05) is 19.4 Å². The topological polar surface area (TPSA) is 37.3 Å². The van der Waals surface area contributed by atoms with Crippen LogP contribution in [0.25, 0.3) is 0 Å². The van der Waals surface area contributed by atoms with Crippen LogP contribution in [0.3, 0.4) is 0 Å². The Morgan fingerprint density at radius 1 is 0.650 bits per heavy atom. The van der Waals surface area contributed by atoms with E-state index in [1.165, 1.54) is 51.4 Å². The molecule has 0 heterocycles. The quantitative estimate of drug-likeness (QED) is 0.384. The summed E-state index contributed by atoms with van der Waals surface area (Å²) in [4.78, 5) is 11.6. The Balaban J connectivity index is 3.11. The summed E-state index contributed by atoms with van der Waals surface area (Å²) in [5.41, 5.74) is 0. The number of unbranched alkanes of at least 4 members (excludes halogenated alkanes) is 11. The van der Waals surface area contributed by atoms with Gasteiger partial charge in [-0.3, -0.25) is 4.79 Å². The molecule has 0 aliphatic rings. The number of rotatable bonds is 16. The second-order valence-corrected chi connectivity index (χ2v) is 6.00. The van der Waals surface area contributed by atoms with E-state index in [1.54, 1.807) is 0 Å². The van der Waals surface area contributed by atoms with E-state index >= 15 is 0 Å². The zero-order chi connectivity index (χ0) is 14.9. The molecule has 2 heteroatoms. The summed E-state index contributed by atoms with van der Waals surface area (Å²) in [7, 11) is 0. The average molecular weight is 284 g/mol. The van der Waals surface area contributed by atoms with Crippen LogP contribution < -0.4 is 0 Å². The largest absolute Gasteiger partial charge is 0.396 e. The number of aliphatic hydroxyl groups is 1. The lowest BCUT2D eigenvalue weighted by molar-refractivity contribution is -0.119. The molecule has 0 spiro atoms. The molecule has 0 radical (unpaired) electrons. The first-order valence-corrected chi connectivity index (χ1v) is 8.93. The molecule has 120 valence electrons. The fourth-order valence-electron chi connectivity index (χ4n) is 2.55. The van der Waals surface area contributed by atoms with Gasteiger partial charge >= 0.3 is 0 Å². The number of ketones is 1. The van der Waals surface area contributed by atoms with E-state index in [1.807, 2.05) is 0 Å². The summed E-state index contributed by atoms with van der Waals surface area (Å²) in [6, 6.07) is 0. The SMILES string of the molecule is CCCCCCCCCCCC(=O)CCCCCCO. The van der Waals surface area contributed by atoms with Gasteiger partial charge in [-0.1, -0.05) is 71.1 Å². The molecule has 0 aromatic rings. The maximum absolute atomic E-state index is 11.6. The third kappa shape index (κ3) is 15.7. The first-order valence-electron chi connectivity index (χ1n) is 8.93. The van der Waals surface area contributed by atoms with E-state index in [2.05, 4.69) is 6.92 Å². The van der Waals surface area contributed by atoms with Crippen LogP contribution in [-0.4, -0.2) is 17.5 Å². The Morgan fingerprint density at radius 3 is 1.50 bits per heavy atom. The molecule has 0 fully saturated rings. The lowest BCUT2D eigenvalue weighted by atomic mass is 10.0. The fraction of sp³-hybridized carbons (Fsp3) is 0.944. The highest BCUT2D eigenvalue weighted by atomic mass is 16.2. The molecule has 0 aromatic carbocycles. The van der Waals surface area contributed by atoms with Gasteiger partial charge in [-0.15, -0.1) is 0 Å². The summed E-state index contributed by atoms with van der Waals surface area (Å²) < 4.78 is 0. The molecule has 0 rings (SSSR count). The molecule has 0 aromatic heterocycles. The van der Waals surface area contributed by atoms with Crippen LogP contribution >= 0.6 is 0 Å². The lowest BCUT2D eigenvalue weighted by Gasteiger charge is -2.03. The van der Waals surface area contributed by atoms with Crippen molar-refractivity contribution in [1.29, 1.82) is 0 Å². The summed E-state index contributed by atoms with van der Waals surface area (Å²) in [5, 5.41) is 8.66. The predicted octanol–water partition coefficient (Wildman–Crippen LogP) is 5.42. The van der Waals surface area contributed by atoms with Crippen molar-refractivity contribution in [1.82, 2.24) is 0 Å². The molecule has 0 aliphatic carbocycles. The van der Waals surface area contributed by atoms with Crippen molar-refractivity contribution in [2.24, 2.45) is 0 Å². The molecule has 0 aliphatic heterocycles. The van der Waals surface area contributed by atoms with Gasteiger partial charge in [0.1, 0.15) is 5.78 Å². The minimum Gasteiger partial charge on any atom is -0.396 e. The maximum Gasteiger partial charge on any atom is 0.132 e. The highest BCUT2D eigenvalue weighted by molar-refractivity contribution is 5.78. The predicted molar refractivity (Wildman–Crippen MR) is 87.0 cm³/mol. The summed E-state index contributed by atoms with van der Waals surface area (Å²) in [5.74, 6) is 0.442. The van der Waals surface area contributed by atoms with Crippen LogP contribution in [0.5, 0.6) is 0 Å². The van der Waals surface area contributed by atoms with E-state index in [0.29, 0.717) is 5.78 Å². The summed E-state index contributed by atoms with van der Waals surface area (Å²) in [6.07, 6.45) is 17.4. The van der Waals surface area contributed by atoms with Gasteiger partial charge in [-0.05, 0) is 19.3 Å². The van der Waals surface area contributed by atoms with Crippen LogP contribution in [0.2, 0.25) is 0 Å². The lowest BCUT2D eigenvalue weighted by Crippen LogP contribution is -1.97. The number of Topliss-reactive ketones (excluding diaryl/α,β-unsaturated/α-hetero) is 1. The number of hydrogen-bond acceptors (Lipinski definition) is 2. The van der Waals surface area contributed by atoms with Crippen molar-refractivity contribution < 1.29 is 9.90 Å². The Morgan fingerprint density at radius 2 is 1.05 bits per heavy atom. The van der Waals surface area contributed by atoms with Gasteiger partial charge in [0.25, 0.3) is 0 Å². The van der Waals surface area contributed by atoms with E-state index in [-0.39, 0.29) is 6.61 Å². The van der Waals surface area contributed by atoms with Gasteiger partial charge < -0.3 is 5.11 Å². The van der Waals surface area contributed by atoms with Gasteiger partial charge in [-0.2, -0.15) is 0 Å². The minimum atomic E-state index is 0.284. The highest BCUT2D eigenvalue weighted by Crippen LogP contribution is 2.12. The molecule has 0 atom stereocenters. The molecule has 1 N–H and O–H groups in total.